The minimum absolute atomic E-state index is 0.0249. The molecule has 0 N–H and O–H groups in total. The van der Waals surface area contributed by atoms with E-state index in [0.29, 0.717) is 5.56 Å². The Morgan fingerprint density at radius 2 is 1.60 bits per heavy atom. The molecule has 2 rings (SSSR count). The first-order chi connectivity index (χ1) is 9.41. The number of Topliss-reactive ketones (excluding diaryl/α,β-unsaturated/α-hetero) is 1. The predicted molar refractivity (Wildman–Crippen MR) is 74.5 cm³/mol. The third kappa shape index (κ3) is 2.93. The van der Waals surface area contributed by atoms with Crippen molar-refractivity contribution in [2.24, 2.45) is 0 Å². The lowest BCUT2D eigenvalue weighted by Gasteiger charge is -2.24. The van der Waals surface area contributed by atoms with E-state index in [2.05, 4.69) is 0 Å². The molecule has 0 saturated heterocycles. The Kier molecular flexibility index (Phi) is 3.98. The summed E-state index contributed by atoms with van der Waals surface area (Å²) in [5.41, 5.74) is 0.323. The second kappa shape index (κ2) is 5.53. The molecule has 0 heterocycles. The molecule has 2 aromatic rings. The number of hydrogen-bond donors (Lipinski definition) is 0. The lowest BCUT2D eigenvalue weighted by molar-refractivity contribution is -0.122. The summed E-state index contributed by atoms with van der Waals surface area (Å²) in [7, 11) is 0. The number of benzene rings is 2. The minimum atomic E-state index is -0.782. The first kappa shape index (κ1) is 14.4. The van der Waals surface area contributed by atoms with Crippen LogP contribution in [-0.2, 0) is 16.6 Å². The Morgan fingerprint density at radius 3 is 2.20 bits per heavy atom. The van der Waals surface area contributed by atoms with Crippen LogP contribution in [-0.4, -0.2) is 5.78 Å². The van der Waals surface area contributed by atoms with Crippen molar-refractivity contribution in [3.05, 3.63) is 71.3 Å². The molecule has 0 spiro atoms. The van der Waals surface area contributed by atoms with Gasteiger partial charge < -0.3 is 0 Å². The summed E-state index contributed by atoms with van der Waals surface area (Å²) in [5, 5.41) is 0. The monoisotopic (exact) mass is 274 g/mol. The minimum Gasteiger partial charge on any atom is -0.298 e. The molecule has 0 amide bonds. The molecular formula is C17H16F2O. The highest BCUT2D eigenvalue weighted by Crippen LogP contribution is 2.26. The zero-order valence-corrected chi connectivity index (χ0v) is 11.5. The number of hydrogen-bond acceptors (Lipinski definition) is 1. The Balaban J connectivity index is 2.23. The highest BCUT2D eigenvalue weighted by molar-refractivity contribution is 5.91. The highest BCUT2D eigenvalue weighted by Gasteiger charge is 2.29. The number of halogens is 2. The standard InChI is InChI=1S/C17H16F2O/c1-17(2,13-7-9-14(18)10-8-13)16(20)11-12-5-3-4-6-15(12)19/h3-10H,11H2,1-2H3. The maximum Gasteiger partial charge on any atom is 0.147 e. The van der Waals surface area contributed by atoms with Gasteiger partial charge in [-0.2, -0.15) is 0 Å². The van der Waals surface area contributed by atoms with E-state index in [9.17, 15) is 13.6 Å². The Bertz CT molecular complexity index is 615. The molecule has 20 heavy (non-hydrogen) atoms. The van der Waals surface area contributed by atoms with E-state index in [1.165, 1.54) is 18.2 Å². The van der Waals surface area contributed by atoms with E-state index in [4.69, 9.17) is 0 Å². The van der Waals surface area contributed by atoms with Crippen molar-refractivity contribution in [1.29, 1.82) is 0 Å². The lowest BCUT2D eigenvalue weighted by atomic mass is 9.78. The molecular weight excluding hydrogens is 258 g/mol. The molecule has 0 aliphatic heterocycles. The number of carbonyl (C=O) groups excluding carboxylic acids is 1. The average molecular weight is 274 g/mol. The molecule has 3 heteroatoms. The topological polar surface area (TPSA) is 17.1 Å². The maximum atomic E-state index is 13.6. The van der Waals surface area contributed by atoms with Gasteiger partial charge in [-0.1, -0.05) is 30.3 Å². The van der Waals surface area contributed by atoms with Crippen molar-refractivity contribution in [2.45, 2.75) is 25.7 Å². The summed E-state index contributed by atoms with van der Waals surface area (Å²) >= 11 is 0. The fraction of sp³-hybridized carbons (Fsp3) is 0.235. The van der Waals surface area contributed by atoms with Crippen LogP contribution in [0, 0.1) is 11.6 Å². The van der Waals surface area contributed by atoms with E-state index >= 15 is 0 Å². The summed E-state index contributed by atoms with van der Waals surface area (Å²) in [4.78, 5) is 12.4. The smallest absolute Gasteiger partial charge is 0.147 e. The fourth-order valence-corrected chi connectivity index (χ4v) is 2.06. The summed E-state index contributed by atoms with van der Waals surface area (Å²) in [6, 6.07) is 12.1. The Morgan fingerprint density at radius 1 is 1.00 bits per heavy atom. The second-order valence-corrected chi connectivity index (χ2v) is 5.32. The van der Waals surface area contributed by atoms with Crippen LogP contribution in [0.2, 0.25) is 0 Å². The van der Waals surface area contributed by atoms with Gasteiger partial charge in [0, 0.05) is 11.8 Å². The van der Waals surface area contributed by atoms with Crippen molar-refractivity contribution >= 4 is 5.78 Å². The molecule has 0 atom stereocenters. The van der Waals surface area contributed by atoms with Gasteiger partial charge in [0.1, 0.15) is 17.4 Å². The molecule has 0 aromatic heterocycles. The molecule has 0 unspecified atom stereocenters. The molecule has 0 radical (unpaired) electrons. The zero-order valence-electron chi connectivity index (χ0n) is 11.5. The number of carbonyl (C=O) groups is 1. The second-order valence-electron chi connectivity index (χ2n) is 5.32. The van der Waals surface area contributed by atoms with Gasteiger partial charge in [0.2, 0.25) is 0 Å². The van der Waals surface area contributed by atoms with Crippen LogP contribution < -0.4 is 0 Å². The summed E-state index contributed by atoms with van der Waals surface area (Å²) in [5.74, 6) is -0.823. The van der Waals surface area contributed by atoms with Gasteiger partial charge in [-0.3, -0.25) is 4.79 Å². The molecule has 1 nitrogen and oxygen atoms in total. The van der Waals surface area contributed by atoms with Gasteiger partial charge in [0.15, 0.2) is 0 Å². The maximum absolute atomic E-state index is 13.6. The van der Waals surface area contributed by atoms with Crippen LogP contribution in [0.5, 0.6) is 0 Å². The number of rotatable bonds is 4. The van der Waals surface area contributed by atoms with Crippen molar-refractivity contribution in [3.8, 4) is 0 Å². The van der Waals surface area contributed by atoms with Crippen molar-refractivity contribution in [2.75, 3.05) is 0 Å². The molecule has 0 aliphatic carbocycles. The first-order valence-corrected chi connectivity index (χ1v) is 6.44. The molecule has 0 fully saturated rings. The van der Waals surface area contributed by atoms with Gasteiger partial charge in [-0.05, 0) is 43.2 Å². The highest BCUT2D eigenvalue weighted by atomic mass is 19.1. The molecule has 0 aliphatic rings. The average Bonchev–Trinajstić information content (AvgIpc) is 2.41. The molecule has 104 valence electrons. The fourth-order valence-electron chi connectivity index (χ4n) is 2.06. The SMILES string of the molecule is CC(C)(C(=O)Cc1ccccc1F)c1ccc(F)cc1. The molecule has 0 bridgehead atoms. The molecule has 2 aromatic carbocycles. The Hall–Kier alpha value is -2.03. The summed E-state index contributed by atoms with van der Waals surface area (Å²) < 4.78 is 26.5. The van der Waals surface area contributed by atoms with Crippen molar-refractivity contribution in [1.82, 2.24) is 0 Å². The van der Waals surface area contributed by atoms with E-state index in [-0.39, 0.29) is 23.8 Å². The van der Waals surface area contributed by atoms with Crippen LogP contribution in [0.4, 0.5) is 8.78 Å². The van der Waals surface area contributed by atoms with Gasteiger partial charge in [-0.25, -0.2) is 8.78 Å². The van der Waals surface area contributed by atoms with E-state index in [0.717, 1.165) is 5.56 Å². The quantitative estimate of drug-likeness (QED) is 0.822. The van der Waals surface area contributed by atoms with Crippen molar-refractivity contribution in [3.63, 3.8) is 0 Å². The van der Waals surface area contributed by atoms with E-state index in [1.54, 1.807) is 44.2 Å². The third-order valence-corrected chi connectivity index (χ3v) is 3.57. The summed E-state index contributed by atoms with van der Waals surface area (Å²) in [6.07, 6.45) is 0.0249. The van der Waals surface area contributed by atoms with Gasteiger partial charge >= 0.3 is 0 Å². The van der Waals surface area contributed by atoms with Crippen LogP contribution in [0.1, 0.15) is 25.0 Å². The Labute approximate surface area is 117 Å². The largest absolute Gasteiger partial charge is 0.298 e. The molecule has 0 saturated carbocycles. The first-order valence-electron chi connectivity index (χ1n) is 6.44. The third-order valence-electron chi connectivity index (χ3n) is 3.57. The number of ketones is 1. The van der Waals surface area contributed by atoms with Crippen molar-refractivity contribution < 1.29 is 13.6 Å². The van der Waals surface area contributed by atoms with Crippen LogP contribution >= 0.6 is 0 Å². The van der Waals surface area contributed by atoms with Crippen LogP contribution in [0.15, 0.2) is 48.5 Å². The zero-order chi connectivity index (χ0) is 14.8. The van der Waals surface area contributed by atoms with Gasteiger partial charge in [-0.15, -0.1) is 0 Å². The van der Waals surface area contributed by atoms with Crippen LogP contribution in [0.3, 0.4) is 0 Å². The predicted octanol–water partition coefficient (Wildman–Crippen LogP) is 4.05. The normalized spacial score (nSPS) is 11.4. The van der Waals surface area contributed by atoms with Gasteiger partial charge in [0.05, 0.1) is 0 Å². The van der Waals surface area contributed by atoms with E-state index < -0.39 is 5.41 Å². The summed E-state index contributed by atoms with van der Waals surface area (Å²) in [6.45, 7) is 3.53. The van der Waals surface area contributed by atoms with Crippen LogP contribution in [0.25, 0.3) is 0 Å². The van der Waals surface area contributed by atoms with E-state index in [1.807, 2.05) is 0 Å². The lowest BCUT2D eigenvalue weighted by Crippen LogP contribution is -2.30. The van der Waals surface area contributed by atoms with Gasteiger partial charge in [0.25, 0.3) is 0 Å².